The van der Waals surface area contributed by atoms with Gasteiger partial charge in [0.1, 0.15) is 0 Å². The van der Waals surface area contributed by atoms with E-state index in [-0.39, 0.29) is 11.9 Å². The van der Waals surface area contributed by atoms with Gasteiger partial charge in [0, 0.05) is 0 Å². The minimum Gasteiger partial charge on any atom is -0.465 e. The third-order valence-corrected chi connectivity index (χ3v) is 3.90. The number of carbonyl (C=O) groups is 1. The largest absolute Gasteiger partial charge is 0.465 e. The molecule has 0 bridgehead atoms. The number of unbranched alkanes of at least 4 members (excludes halogenated alkanes) is 5. The van der Waals surface area contributed by atoms with E-state index in [1.165, 1.54) is 32.1 Å². The molecule has 0 rings (SSSR count). The van der Waals surface area contributed by atoms with Crippen LogP contribution in [0.15, 0.2) is 0 Å². The predicted molar refractivity (Wildman–Crippen MR) is 86.8 cm³/mol. The lowest BCUT2D eigenvalue weighted by Crippen LogP contribution is -2.17. The van der Waals surface area contributed by atoms with Crippen LogP contribution in [0, 0.1) is 11.8 Å². The van der Waals surface area contributed by atoms with E-state index in [9.17, 15) is 4.79 Å². The topological polar surface area (TPSA) is 26.3 Å². The van der Waals surface area contributed by atoms with Crippen molar-refractivity contribution >= 4 is 5.97 Å². The lowest BCUT2D eigenvalue weighted by atomic mass is 10.00. The minimum atomic E-state index is 0.0285. The highest BCUT2D eigenvalue weighted by Crippen LogP contribution is 2.15. The van der Waals surface area contributed by atoms with Crippen LogP contribution >= 0.6 is 0 Å². The van der Waals surface area contributed by atoms with Crippen LogP contribution in [0.2, 0.25) is 0 Å². The Balaban J connectivity index is 3.46. The molecule has 0 aliphatic carbocycles. The zero-order valence-electron chi connectivity index (χ0n) is 14.2. The number of carbonyl (C=O) groups excluding carboxylic acids is 1. The van der Waals surface area contributed by atoms with Crippen molar-refractivity contribution in [3.63, 3.8) is 0 Å². The van der Waals surface area contributed by atoms with Crippen molar-refractivity contribution in [1.82, 2.24) is 0 Å². The van der Waals surface area contributed by atoms with Crippen LogP contribution < -0.4 is 0 Å². The van der Waals surface area contributed by atoms with Crippen LogP contribution in [-0.2, 0) is 9.53 Å². The Morgan fingerprint density at radius 2 is 1.55 bits per heavy atom. The Morgan fingerprint density at radius 1 is 0.900 bits per heavy atom. The molecule has 0 spiro atoms. The van der Waals surface area contributed by atoms with Gasteiger partial charge in [-0.1, -0.05) is 72.6 Å². The summed E-state index contributed by atoms with van der Waals surface area (Å²) in [6.07, 6.45) is 11.7. The SMILES string of the molecule is CCCC[C@H](CC)C(=O)OCCCCCCCC(C)C. The molecule has 2 heteroatoms. The van der Waals surface area contributed by atoms with Crippen molar-refractivity contribution < 1.29 is 9.53 Å². The molecule has 0 aromatic heterocycles. The number of rotatable bonds is 13. The lowest BCUT2D eigenvalue weighted by molar-refractivity contribution is -0.149. The van der Waals surface area contributed by atoms with Gasteiger partial charge < -0.3 is 4.74 Å². The van der Waals surface area contributed by atoms with Gasteiger partial charge in [-0.2, -0.15) is 0 Å². The number of esters is 1. The quantitative estimate of drug-likeness (QED) is 0.318. The summed E-state index contributed by atoms with van der Waals surface area (Å²) in [5, 5.41) is 0. The molecular formula is C18H36O2. The molecule has 0 heterocycles. The number of hydrogen-bond donors (Lipinski definition) is 0. The van der Waals surface area contributed by atoms with Crippen molar-refractivity contribution in [2.45, 2.75) is 91.9 Å². The second-order valence-electron chi connectivity index (χ2n) is 6.37. The van der Waals surface area contributed by atoms with Crippen LogP contribution in [0.1, 0.15) is 91.9 Å². The molecule has 0 N–H and O–H groups in total. The fourth-order valence-electron chi connectivity index (χ4n) is 2.41. The number of ether oxygens (including phenoxy) is 1. The second kappa shape index (κ2) is 13.5. The van der Waals surface area contributed by atoms with Crippen molar-refractivity contribution in [3.05, 3.63) is 0 Å². The Labute approximate surface area is 126 Å². The Hall–Kier alpha value is -0.530. The fraction of sp³-hybridized carbons (Fsp3) is 0.944. The summed E-state index contributed by atoms with van der Waals surface area (Å²) in [7, 11) is 0. The molecule has 0 fully saturated rings. The normalized spacial score (nSPS) is 12.7. The van der Waals surface area contributed by atoms with Gasteiger partial charge >= 0.3 is 5.97 Å². The Bertz CT molecular complexity index is 223. The standard InChI is InChI=1S/C18H36O2/c1-5-7-14-17(6-2)18(19)20-15-12-10-8-9-11-13-16(3)4/h16-17H,5-15H2,1-4H3/t17-/m0/s1. The summed E-state index contributed by atoms with van der Waals surface area (Å²) in [6, 6.07) is 0. The van der Waals surface area contributed by atoms with Crippen molar-refractivity contribution in [3.8, 4) is 0 Å². The maximum absolute atomic E-state index is 11.9. The second-order valence-corrected chi connectivity index (χ2v) is 6.37. The molecule has 1 atom stereocenters. The van der Waals surface area contributed by atoms with Crippen molar-refractivity contribution in [2.24, 2.45) is 11.8 Å². The molecule has 0 saturated heterocycles. The molecule has 0 saturated carbocycles. The third kappa shape index (κ3) is 11.3. The Morgan fingerprint density at radius 3 is 2.15 bits per heavy atom. The third-order valence-electron chi connectivity index (χ3n) is 3.90. The van der Waals surface area contributed by atoms with Gasteiger partial charge in [-0.3, -0.25) is 4.79 Å². The van der Waals surface area contributed by atoms with E-state index in [0.717, 1.165) is 38.0 Å². The van der Waals surface area contributed by atoms with Gasteiger partial charge in [0.25, 0.3) is 0 Å². The van der Waals surface area contributed by atoms with E-state index in [2.05, 4.69) is 27.7 Å². The summed E-state index contributed by atoms with van der Waals surface area (Å²) < 4.78 is 5.40. The summed E-state index contributed by atoms with van der Waals surface area (Å²) in [5.41, 5.74) is 0. The summed E-state index contributed by atoms with van der Waals surface area (Å²) in [4.78, 5) is 11.9. The summed E-state index contributed by atoms with van der Waals surface area (Å²) >= 11 is 0. The monoisotopic (exact) mass is 284 g/mol. The zero-order valence-corrected chi connectivity index (χ0v) is 14.2. The first-order chi connectivity index (χ1) is 9.61. The van der Waals surface area contributed by atoms with E-state index in [1.807, 2.05) is 0 Å². The molecule has 0 aromatic carbocycles. The van der Waals surface area contributed by atoms with Gasteiger partial charge in [0.05, 0.1) is 12.5 Å². The molecule has 0 aliphatic heterocycles. The van der Waals surface area contributed by atoms with Crippen molar-refractivity contribution in [2.75, 3.05) is 6.61 Å². The fourth-order valence-corrected chi connectivity index (χ4v) is 2.41. The molecule has 2 nitrogen and oxygen atoms in total. The first kappa shape index (κ1) is 19.5. The molecule has 20 heavy (non-hydrogen) atoms. The van der Waals surface area contributed by atoms with Crippen LogP contribution in [0.4, 0.5) is 0 Å². The molecule has 0 aromatic rings. The smallest absolute Gasteiger partial charge is 0.308 e. The van der Waals surface area contributed by atoms with Gasteiger partial charge in [-0.25, -0.2) is 0 Å². The zero-order chi connectivity index (χ0) is 15.2. The summed E-state index contributed by atoms with van der Waals surface area (Å²) in [6.45, 7) is 9.42. The molecule has 0 aliphatic rings. The van der Waals surface area contributed by atoms with Crippen LogP contribution in [-0.4, -0.2) is 12.6 Å². The highest BCUT2D eigenvalue weighted by molar-refractivity contribution is 5.72. The van der Waals surface area contributed by atoms with E-state index in [1.54, 1.807) is 0 Å². The van der Waals surface area contributed by atoms with E-state index in [0.29, 0.717) is 6.61 Å². The molecule has 0 unspecified atom stereocenters. The van der Waals surface area contributed by atoms with Gasteiger partial charge in [0.15, 0.2) is 0 Å². The lowest BCUT2D eigenvalue weighted by Gasteiger charge is -2.13. The van der Waals surface area contributed by atoms with Crippen LogP contribution in [0.3, 0.4) is 0 Å². The average Bonchev–Trinajstić information content (AvgIpc) is 2.42. The number of hydrogen-bond acceptors (Lipinski definition) is 2. The van der Waals surface area contributed by atoms with Crippen LogP contribution in [0.5, 0.6) is 0 Å². The Kier molecular flexibility index (Phi) is 13.1. The maximum Gasteiger partial charge on any atom is 0.308 e. The van der Waals surface area contributed by atoms with Gasteiger partial charge in [-0.15, -0.1) is 0 Å². The maximum atomic E-state index is 11.9. The van der Waals surface area contributed by atoms with Gasteiger partial charge in [0.2, 0.25) is 0 Å². The van der Waals surface area contributed by atoms with Crippen LogP contribution in [0.25, 0.3) is 0 Å². The molecular weight excluding hydrogens is 248 g/mol. The predicted octanol–water partition coefficient (Wildman–Crippen LogP) is 5.74. The van der Waals surface area contributed by atoms with Crippen molar-refractivity contribution in [1.29, 1.82) is 0 Å². The first-order valence-corrected chi connectivity index (χ1v) is 8.78. The van der Waals surface area contributed by atoms with E-state index < -0.39 is 0 Å². The highest BCUT2D eigenvalue weighted by atomic mass is 16.5. The minimum absolute atomic E-state index is 0.0285. The van der Waals surface area contributed by atoms with E-state index >= 15 is 0 Å². The highest BCUT2D eigenvalue weighted by Gasteiger charge is 2.16. The molecule has 0 amide bonds. The molecule has 0 radical (unpaired) electrons. The first-order valence-electron chi connectivity index (χ1n) is 8.78. The summed E-state index contributed by atoms with van der Waals surface area (Å²) in [5.74, 6) is 0.979. The average molecular weight is 284 g/mol. The van der Waals surface area contributed by atoms with E-state index in [4.69, 9.17) is 4.74 Å². The van der Waals surface area contributed by atoms with Gasteiger partial charge in [-0.05, 0) is 25.2 Å². The molecule has 120 valence electrons.